The monoisotopic (exact) mass is 261 g/mol. The molecule has 5 heteroatoms. The van der Waals surface area contributed by atoms with Crippen LogP contribution in [0.15, 0.2) is 36.5 Å². The number of aryl methyl sites for hydroxylation is 1. The van der Waals surface area contributed by atoms with E-state index < -0.39 is 0 Å². The number of hydrogen-bond acceptors (Lipinski definition) is 3. The van der Waals surface area contributed by atoms with Gasteiger partial charge in [-0.1, -0.05) is 23.2 Å². The molecule has 0 aliphatic rings. The van der Waals surface area contributed by atoms with Gasteiger partial charge in [-0.15, -0.1) is 0 Å². The summed E-state index contributed by atoms with van der Waals surface area (Å²) in [6.45, 7) is 1.90. The largest absolute Gasteiger partial charge is 0.398 e. The van der Waals surface area contributed by atoms with E-state index >= 15 is 0 Å². The van der Waals surface area contributed by atoms with Crippen molar-refractivity contribution in [3.63, 3.8) is 0 Å². The molecular formula is C13H12ClN3O. The van der Waals surface area contributed by atoms with Gasteiger partial charge in [0.15, 0.2) is 0 Å². The molecule has 0 radical (unpaired) electrons. The molecule has 0 fully saturated rings. The van der Waals surface area contributed by atoms with Crippen LogP contribution in [0.2, 0.25) is 5.15 Å². The second kappa shape index (κ2) is 5.06. The first-order valence-electron chi connectivity index (χ1n) is 5.35. The first kappa shape index (κ1) is 12.4. The number of nitrogens with two attached hydrogens (primary N) is 1. The predicted octanol–water partition coefficient (Wildman–Crippen LogP) is 2.88. The molecule has 4 nitrogen and oxygen atoms in total. The third-order valence-corrected chi connectivity index (χ3v) is 2.66. The molecule has 0 saturated heterocycles. The SMILES string of the molecule is Cc1ccc(N)c(C(=O)Nc2ccc(Cl)nc2)c1. The first-order valence-corrected chi connectivity index (χ1v) is 5.73. The molecule has 1 amide bonds. The van der Waals surface area contributed by atoms with E-state index in [9.17, 15) is 4.79 Å². The number of amides is 1. The number of aromatic nitrogens is 1. The summed E-state index contributed by atoms with van der Waals surface area (Å²) in [5.74, 6) is -0.264. The van der Waals surface area contributed by atoms with Crippen molar-refractivity contribution in [2.45, 2.75) is 6.92 Å². The highest BCUT2D eigenvalue weighted by atomic mass is 35.5. The molecule has 0 aliphatic carbocycles. The lowest BCUT2D eigenvalue weighted by Gasteiger charge is -2.08. The summed E-state index contributed by atoms with van der Waals surface area (Å²) in [6.07, 6.45) is 1.49. The van der Waals surface area contributed by atoms with Gasteiger partial charge in [-0.05, 0) is 31.2 Å². The lowest BCUT2D eigenvalue weighted by Crippen LogP contribution is -2.14. The van der Waals surface area contributed by atoms with Gasteiger partial charge in [0, 0.05) is 5.69 Å². The van der Waals surface area contributed by atoms with Gasteiger partial charge in [-0.25, -0.2) is 4.98 Å². The van der Waals surface area contributed by atoms with Crippen molar-refractivity contribution in [3.05, 3.63) is 52.8 Å². The Morgan fingerprint density at radius 3 is 2.78 bits per heavy atom. The molecule has 0 aliphatic heterocycles. The fourth-order valence-electron chi connectivity index (χ4n) is 1.51. The number of nitrogen functional groups attached to an aromatic ring is 1. The molecule has 2 rings (SSSR count). The van der Waals surface area contributed by atoms with Crippen molar-refractivity contribution in [3.8, 4) is 0 Å². The molecule has 92 valence electrons. The van der Waals surface area contributed by atoms with E-state index in [-0.39, 0.29) is 5.91 Å². The Kier molecular flexibility index (Phi) is 3.48. The van der Waals surface area contributed by atoms with Gasteiger partial charge < -0.3 is 11.1 Å². The number of halogens is 1. The van der Waals surface area contributed by atoms with E-state index in [1.165, 1.54) is 6.20 Å². The minimum Gasteiger partial charge on any atom is -0.398 e. The van der Waals surface area contributed by atoms with Crippen molar-refractivity contribution in [1.82, 2.24) is 4.98 Å². The molecular weight excluding hydrogens is 250 g/mol. The van der Waals surface area contributed by atoms with Crippen LogP contribution in [0.1, 0.15) is 15.9 Å². The number of rotatable bonds is 2. The van der Waals surface area contributed by atoms with Crippen LogP contribution in [0.25, 0.3) is 0 Å². The summed E-state index contributed by atoms with van der Waals surface area (Å²) < 4.78 is 0. The second-order valence-electron chi connectivity index (χ2n) is 3.91. The fraction of sp³-hybridized carbons (Fsp3) is 0.0769. The maximum atomic E-state index is 12.0. The van der Waals surface area contributed by atoms with Crippen LogP contribution in [0.5, 0.6) is 0 Å². The van der Waals surface area contributed by atoms with Gasteiger partial charge in [0.1, 0.15) is 5.15 Å². The average Bonchev–Trinajstić information content (AvgIpc) is 2.35. The Morgan fingerprint density at radius 2 is 2.11 bits per heavy atom. The number of benzene rings is 1. The molecule has 0 saturated carbocycles. The molecule has 0 atom stereocenters. The van der Waals surface area contributed by atoms with Gasteiger partial charge in [0.05, 0.1) is 17.4 Å². The smallest absolute Gasteiger partial charge is 0.257 e. The van der Waals surface area contributed by atoms with Crippen LogP contribution in [0, 0.1) is 6.92 Å². The number of anilines is 2. The lowest BCUT2D eigenvalue weighted by molar-refractivity contribution is 0.102. The van der Waals surface area contributed by atoms with E-state index in [0.717, 1.165) is 5.56 Å². The number of carbonyl (C=O) groups excluding carboxylic acids is 1. The Hall–Kier alpha value is -2.07. The molecule has 0 spiro atoms. The standard InChI is InChI=1S/C13H12ClN3O/c1-8-2-4-11(15)10(6-8)13(18)17-9-3-5-12(14)16-7-9/h2-7H,15H2,1H3,(H,17,18). The minimum atomic E-state index is -0.264. The number of pyridine rings is 1. The quantitative estimate of drug-likeness (QED) is 0.645. The van der Waals surface area contributed by atoms with Crippen LogP contribution in [0.4, 0.5) is 11.4 Å². The Bertz CT molecular complexity index is 581. The maximum Gasteiger partial charge on any atom is 0.257 e. The topological polar surface area (TPSA) is 68.0 Å². The van der Waals surface area contributed by atoms with Gasteiger partial charge >= 0.3 is 0 Å². The molecule has 1 heterocycles. The summed E-state index contributed by atoms with van der Waals surface area (Å²) in [7, 11) is 0. The summed E-state index contributed by atoms with van der Waals surface area (Å²) in [5, 5.41) is 3.09. The molecule has 0 unspecified atom stereocenters. The van der Waals surface area contributed by atoms with Crippen molar-refractivity contribution in [2.75, 3.05) is 11.1 Å². The van der Waals surface area contributed by atoms with Crippen LogP contribution in [0.3, 0.4) is 0 Å². The van der Waals surface area contributed by atoms with E-state index in [1.54, 1.807) is 24.3 Å². The summed E-state index contributed by atoms with van der Waals surface area (Å²) >= 11 is 5.67. The van der Waals surface area contributed by atoms with E-state index in [4.69, 9.17) is 17.3 Å². The second-order valence-corrected chi connectivity index (χ2v) is 4.30. The minimum absolute atomic E-state index is 0.264. The number of nitrogens with zero attached hydrogens (tertiary/aromatic N) is 1. The van der Waals surface area contributed by atoms with Crippen molar-refractivity contribution in [2.24, 2.45) is 0 Å². The van der Waals surface area contributed by atoms with E-state index in [1.807, 2.05) is 13.0 Å². The number of carbonyl (C=O) groups is 1. The molecule has 1 aromatic heterocycles. The summed E-state index contributed by atoms with van der Waals surface area (Å²) in [5.41, 5.74) is 8.21. The normalized spacial score (nSPS) is 10.1. The number of nitrogens with one attached hydrogen (secondary N) is 1. The van der Waals surface area contributed by atoms with Crippen molar-refractivity contribution < 1.29 is 4.79 Å². The van der Waals surface area contributed by atoms with Crippen molar-refractivity contribution in [1.29, 1.82) is 0 Å². The first-order chi connectivity index (χ1) is 8.56. The maximum absolute atomic E-state index is 12.0. The van der Waals surface area contributed by atoms with Gasteiger partial charge in [-0.2, -0.15) is 0 Å². The predicted molar refractivity (Wildman–Crippen MR) is 72.8 cm³/mol. The van der Waals surface area contributed by atoms with Gasteiger partial charge in [0.25, 0.3) is 5.91 Å². The Labute approximate surface area is 110 Å². The third kappa shape index (κ3) is 2.78. The molecule has 1 aromatic carbocycles. The Morgan fingerprint density at radius 1 is 1.33 bits per heavy atom. The summed E-state index contributed by atoms with van der Waals surface area (Å²) in [4.78, 5) is 15.9. The highest BCUT2D eigenvalue weighted by molar-refractivity contribution is 6.29. The third-order valence-electron chi connectivity index (χ3n) is 2.44. The highest BCUT2D eigenvalue weighted by Crippen LogP contribution is 2.16. The molecule has 0 bridgehead atoms. The average molecular weight is 262 g/mol. The lowest BCUT2D eigenvalue weighted by atomic mass is 10.1. The zero-order valence-corrected chi connectivity index (χ0v) is 10.5. The van der Waals surface area contributed by atoms with Crippen LogP contribution >= 0.6 is 11.6 Å². The fourth-order valence-corrected chi connectivity index (χ4v) is 1.63. The molecule has 2 aromatic rings. The van der Waals surface area contributed by atoms with Crippen molar-refractivity contribution >= 4 is 28.9 Å². The van der Waals surface area contributed by atoms with Gasteiger partial charge in [0.2, 0.25) is 0 Å². The van der Waals surface area contributed by atoms with E-state index in [2.05, 4.69) is 10.3 Å². The zero-order chi connectivity index (χ0) is 13.1. The van der Waals surface area contributed by atoms with Crippen LogP contribution in [-0.2, 0) is 0 Å². The summed E-state index contributed by atoms with van der Waals surface area (Å²) in [6, 6.07) is 8.60. The highest BCUT2D eigenvalue weighted by Gasteiger charge is 2.10. The zero-order valence-electron chi connectivity index (χ0n) is 9.77. The van der Waals surface area contributed by atoms with E-state index in [0.29, 0.717) is 22.1 Å². The van der Waals surface area contributed by atoms with Crippen LogP contribution in [-0.4, -0.2) is 10.9 Å². The molecule has 3 N–H and O–H groups in total. The molecule has 18 heavy (non-hydrogen) atoms. The van der Waals surface area contributed by atoms with Gasteiger partial charge in [-0.3, -0.25) is 4.79 Å². The number of hydrogen-bond donors (Lipinski definition) is 2. The van der Waals surface area contributed by atoms with Crippen LogP contribution < -0.4 is 11.1 Å². The Balaban J connectivity index is 2.21.